The Hall–Kier alpha value is -0.590. The van der Waals surface area contributed by atoms with Crippen molar-refractivity contribution in [2.75, 3.05) is 18.8 Å². The van der Waals surface area contributed by atoms with E-state index in [1.54, 1.807) is 22.5 Å². The average molecular weight is 359 g/mol. The number of nitrogens with two attached hydrogens (primary N) is 1. The number of nitrogen functional groups attached to an aromatic ring is 1. The first-order chi connectivity index (χ1) is 9.46. The quantitative estimate of drug-likeness (QED) is 0.795. The van der Waals surface area contributed by atoms with E-state index < -0.39 is 10.0 Å². The van der Waals surface area contributed by atoms with Gasteiger partial charge in [-0.15, -0.1) is 0 Å². The van der Waals surface area contributed by atoms with Crippen LogP contribution in [0.15, 0.2) is 27.6 Å². The zero-order chi connectivity index (χ0) is 14.3. The summed E-state index contributed by atoms with van der Waals surface area (Å²) < 4.78 is 28.1. The number of hydrogen-bond donors (Lipinski definition) is 1. The molecule has 1 aromatic carbocycles. The van der Waals surface area contributed by atoms with Gasteiger partial charge in [-0.2, -0.15) is 4.31 Å². The summed E-state index contributed by atoms with van der Waals surface area (Å²) in [5.41, 5.74) is 6.20. The fourth-order valence-electron chi connectivity index (χ4n) is 2.32. The third kappa shape index (κ3) is 3.18. The van der Waals surface area contributed by atoms with Gasteiger partial charge < -0.3 is 5.73 Å². The van der Waals surface area contributed by atoms with Crippen molar-refractivity contribution in [3.63, 3.8) is 0 Å². The molecule has 0 atom stereocenters. The van der Waals surface area contributed by atoms with Gasteiger partial charge in [0.05, 0.1) is 5.69 Å². The van der Waals surface area contributed by atoms with Gasteiger partial charge in [-0.25, -0.2) is 8.42 Å². The van der Waals surface area contributed by atoms with E-state index in [0.29, 0.717) is 30.6 Å². The molecule has 0 heterocycles. The van der Waals surface area contributed by atoms with Crippen molar-refractivity contribution in [3.05, 3.63) is 22.7 Å². The molecule has 6 heteroatoms. The number of nitrogens with zero attached hydrogens (tertiary/aromatic N) is 1. The number of rotatable bonds is 6. The molecular weight excluding hydrogens is 340 g/mol. The zero-order valence-corrected chi connectivity index (χ0v) is 13.7. The van der Waals surface area contributed by atoms with Gasteiger partial charge in [0, 0.05) is 17.6 Å². The Bertz CT molecular complexity index is 596. The minimum Gasteiger partial charge on any atom is -0.398 e. The van der Waals surface area contributed by atoms with Crippen molar-refractivity contribution in [3.8, 4) is 0 Å². The molecule has 0 aliphatic heterocycles. The van der Waals surface area contributed by atoms with Gasteiger partial charge in [0.1, 0.15) is 4.90 Å². The highest BCUT2D eigenvalue weighted by atomic mass is 79.9. The fourth-order valence-corrected chi connectivity index (χ4v) is 4.57. The van der Waals surface area contributed by atoms with Crippen LogP contribution in [0.5, 0.6) is 0 Å². The molecule has 2 aliphatic rings. The molecule has 4 nitrogen and oxygen atoms in total. The largest absolute Gasteiger partial charge is 0.398 e. The second-order valence-corrected chi connectivity index (χ2v) is 8.71. The van der Waals surface area contributed by atoms with Crippen LogP contribution in [-0.4, -0.2) is 25.8 Å². The molecule has 20 heavy (non-hydrogen) atoms. The molecule has 0 bridgehead atoms. The smallest absolute Gasteiger partial charge is 0.245 e. The normalized spacial score (nSPS) is 19.5. The van der Waals surface area contributed by atoms with Crippen LogP contribution in [0.1, 0.15) is 25.7 Å². The lowest BCUT2D eigenvalue weighted by molar-refractivity contribution is 0.382. The van der Waals surface area contributed by atoms with Crippen LogP contribution in [0, 0.1) is 11.8 Å². The Balaban J connectivity index is 1.91. The van der Waals surface area contributed by atoms with Gasteiger partial charge in [0.25, 0.3) is 0 Å². The third-order valence-corrected chi connectivity index (χ3v) is 6.29. The first-order valence-electron chi connectivity index (χ1n) is 7.02. The van der Waals surface area contributed by atoms with Crippen LogP contribution in [0.4, 0.5) is 5.69 Å². The SMILES string of the molecule is Nc1ccc(Br)cc1S(=O)(=O)N(CC1CC1)CC1CC1. The topological polar surface area (TPSA) is 63.4 Å². The summed E-state index contributed by atoms with van der Waals surface area (Å²) in [5, 5.41) is 0. The van der Waals surface area contributed by atoms with Crippen molar-refractivity contribution >= 4 is 31.6 Å². The Morgan fingerprint density at radius 2 is 1.70 bits per heavy atom. The van der Waals surface area contributed by atoms with E-state index in [2.05, 4.69) is 15.9 Å². The monoisotopic (exact) mass is 358 g/mol. The average Bonchev–Trinajstić information content (AvgIpc) is 3.25. The van der Waals surface area contributed by atoms with Gasteiger partial charge in [-0.05, 0) is 55.7 Å². The minimum absolute atomic E-state index is 0.230. The standard InChI is InChI=1S/C14H19BrN2O2S/c15-12-5-6-13(16)14(7-12)20(18,19)17(8-10-1-2-10)9-11-3-4-11/h5-7,10-11H,1-4,8-9,16H2. The Kier molecular flexibility index (Phi) is 3.81. The van der Waals surface area contributed by atoms with E-state index in [4.69, 9.17) is 5.73 Å². The lowest BCUT2D eigenvalue weighted by Crippen LogP contribution is -2.35. The van der Waals surface area contributed by atoms with E-state index >= 15 is 0 Å². The van der Waals surface area contributed by atoms with E-state index in [1.807, 2.05) is 0 Å². The highest BCUT2D eigenvalue weighted by Crippen LogP contribution is 2.37. The predicted octanol–water partition coefficient (Wildman–Crippen LogP) is 2.84. The maximum atomic E-state index is 12.9. The molecule has 0 radical (unpaired) electrons. The maximum absolute atomic E-state index is 12.9. The Morgan fingerprint density at radius 3 is 2.20 bits per heavy atom. The molecule has 2 saturated carbocycles. The van der Waals surface area contributed by atoms with Crippen molar-refractivity contribution in [2.24, 2.45) is 11.8 Å². The van der Waals surface area contributed by atoms with Gasteiger partial charge >= 0.3 is 0 Å². The van der Waals surface area contributed by atoms with Gasteiger partial charge in [0.15, 0.2) is 0 Å². The van der Waals surface area contributed by atoms with Gasteiger partial charge in [-0.1, -0.05) is 15.9 Å². The molecule has 0 unspecified atom stereocenters. The van der Waals surface area contributed by atoms with Crippen LogP contribution in [0.25, 0.3) is 0 Å². The first-order valence-corrected chi connectivity index (χ1v) is 9.25. The highest BCUT2D eigenvalue weighted by molar-refractivity contribution is 9.10. The molecule has 3 rings (SSSR count). The summed E-state index contributed by atoms with van der Waals surface area (Å²) in [6.45, 7) is 1.29. The second kappa shape index (κ2) is 5.31. The van der Waals surface area contributed by atoms with Crippen LogP contribution >= 0.6 is 15.9 Å². The summed E-state index contributed by atoms with van der Waals surface area (Å²) in [6.07, 6.45) is 4.57. The molecule has 0 aromatic heterocycles. The summed E-state index contributed by atoms with van der Waals surface area (Å²) in [5.74, 6) is 1.08. The second-order valence-electron chi connectivity index (χ2n) is 5.89. The first kappa shape index (κ1) is 14.4. The lowest BCUT2D eigenvalue weighted by atomic mass is 10.3. The summed E-state index contributed by atoms with van der Waals surface area (Å²) in [6, 6.07) is 5.02. The number of halogens is 1. The van der Waals surface area contributed by atoms with Crippen molar-refractivity contribution < 1.29 is 8.42 Å². The minimum atomic E-state index is -3.49. The van der Waals surface area contributed by atoms with Crippen LogP contribution in [0.3, 0.4) is 0 Å². The molecule has 110 valence electrons. The molecule has 0 spiro atoms. The van der Waals surface area contributed by atoms with Gasteiger partial charge in [-0.3, -0.25) is 0 Å². The van der Waals surface area contributed by atoms with Crippen molar-refractivity contribution in [1.29, 1.82) is 0 Å². The van der Waals surface area contributed by atoms with Crippen molar-refractivity contribution in [2.45, 2.75) is 30.6 Å². The molecule has 2 aliphatic carbocycles. The zero-order valence-electron chi connectivity index (χ0n) is 11.3. The van der Waals surface area contributed by atoms with Crippen LogP contribution in [0.2, 0.25) is 0 Å². The van der Waals surface area contributed by atoms with Gasteiger partial charge in [0.2, 0.25) is 10.0 Å². The predicted molar refractivity (Wildman–Crippen MR) is 82.8 cm³/mol. The van der Waals surface area contributed by atoms with Crippen LogP contribution < -0.4 is 5.73 Å². The van der Waals surface area contributed by atoms with E-state index in [-0.39, 0.29) is 4.90 Å². The summed E-state index contributed by atoms with van der Waals surface area (Å²) in [4.78, 5) is 0.230. The molecule has 0 amide bonds. The molecule has 1 aromatic rings. The Labute approximate surface area is 128 Å². The number of benzene rings is 1. The maximum Gasteiger partial charge on any atom is 0.245 e. The number of hydrogen-bond acceptors (Lipinski definition) is 3. The summed E-state index contributed by atoms with van der Waals surface area (Å²) in [7, 11) is -3.49. The molecule has 0 saturated heterocycles. The van der Waals surface area contributed by atoms with E-state index in [1.165, 1.54) is 0 Å². The number of sulfonamides is 1. The van der Waals surface area contributed by atoms with Crippen molar-refractivity contribution in [1.82, 2.24) is 4.31 Å². The molecule has 2 N–H and O–H groups in total. The van der Waals surface area contributed by atoms with E-state index in [0.717, 1.165) is 30.2 Å². The molecule has 2 fully saturated rings. The number of anilines is 1. The Morgan fingerprint density at radius 1 is 1.15 bits per heavy atom. The van der Waals surface area contributed by atoms with Crippen LogP contribution in [-0.2, 0) is 10.0 Å². The fraction of sp³-hybridized carbons (Fsp3) is 0.571. The lowest BCUT2D eigenvalue weighted by Gasteiger charge is -2.23. The molecular formula is C14H19BrN2O2S. The van der Waals surface area contributed by atoms with E-state index in [9.17, 15) is 8.42 Å². The third-order valence-electron chi connectivity index (χ3n) is 3.91. The highest BCUT2D eigenvalue weighted by Gasteiger charge is 2.36. The summed E-state index contributed by atoms with van der Waals surface area (Å²) >= 11 is 3.33.